The minimum Gasteiger partial charge on any atom is -0.355 e. The van der Waals surface area contributed by atoms with Gasteiger partial charge in [0.15, 0.2) is 0 Å². The number of nitrogens with one attached hydrogen (secondary N) is 2. The molecule has 14 heavy (non-hydrogen) atoms. The maximum absolute atomic E-state index is 13.7. The molecule has 0 fully saturated rings. The molecular formula is C8H14F2N2O2. The van der Waals surface area contributed by atoms with Crippen LogP contribution in [-0.4, -0.2) is 30.8 Å². The molecular weight excluding hydrogens is 194 g/mol. The number of hydrogen-bond donors (Lipinski definition) is 2. The lowest BCUT2D eigenvalue weighted by atomic mass is 10.1. The molecule has 82 valence electrons. The average Bonchev–Trinajstić information content (AvgIpc) is 1.99. The summed E-state index contributed by atoms with van der Waals surface area (Å²) in [6.07, 6.45) is -2.23. The molecule has 0 saturated heterocycles. The maximum Gasteiger partial charge on any atom is 0.278 e. The monoisotopic (exact) mass is 208 g/mol. The van der Waals surface area contributed by atoms with Gasteiger partial charge in [-0.15, -0.1) is 0 Å². The predicted octanol–water partition coefficient (Wildman–Crippen LogP) is 0.282. The van der Waals surface area contributed by atoms with Gasteiger partial charge >= 0.3 is 0 Å². The molecule has 0 aliphatic carbocycles. The first-order valence-corrected chi connectivity index (χ1v) is 4.15. The first-order chi connectivity index (χ1) is 6.31. The number of amides is 2. The first-order valence-electron chi connectivity index (χ1n) is 4.15. The zero-order valence-electron chi connectivity index (χ0n) is 8.36. The molecule has 0 aliphatic heterocycles. The molecule has 6 heteroatoms. The Kier molecular flexibility index (Phi) is 4.46. The second kappa shape index (κ2) is 4.88. The van der Waals surface area contributed by atoms with E-state index in [9.17, 15) is 18.4 Å². The molecule has 0 radical (unpaired) electrons. The highest BCUT2D eigenvalue weighted by atomic mass is 19.2. The highest BCUT2D eigenvalue weighted by Crippen LogP contribution is 2.17. The van der Waals surface area contributed by atoms with Crippen LogP contribution in [0.2, 0.25) is 0 Å². The van der Waals surface area contributed by atoms with Crippen molar-refractivity contribution < 1.29 is 18.4 Å². The number of likely N-dealkylation sites (N-methyl/N-ethyl adjacent to an activating group) is 1. The quantitative estimate of drug-likeness (QED) is 0.652. The van der Waals surface area contributed by atoms with Crippen molar-refractivity contribution in [2.24, 2.45) is 0 Å². The van der Waals surface area contributed by atoms with Crippen molar-refractivity contribution in [1.29, 1.82) is 0 Å². The summed E-state index contributed by atoms with van der Waals surface area (Å²) in [6, 6.07) is 0. The Balaban J connectivity index is 4.65. The normalized spacial score (nSPS) is 16.6. The number of carbonyl (C=O) groups excluding carboxylic acids is 2. The smallest absolute Gasteiger partial charge is 0.278 e. The first kappa shape index (κ1) is 12.8. The van der Waals surface area contributed by atoms with Crippen LogP contribution in [0.3, 0.4) is 0 Å². The van der Waals surface area contributed by atoms with Crippen molar-refractivity contribution in [1.82, 2.24) is 10.6 Å². The van der Waals surface area contributed by atoms with E-state index < -0.39 is 30.2 Å². The molecule has 2 amide bonds. The predicted molar refractivity (Wildman–Crippen MR) is 46.9 cm³/mol. The van der Waals surface area contributed by atoms with Crippen LogP contribution in [0.1, 0.15) is 20.3 Å². The van der Waals surface area contributed by atoms with Crippen LogP contribution < -0.4 is 10.6 Å². The topological polar surface area (TPSA) is 58.2 Å². The number of alkyl halides is 2. The van der Waals surface area contributed by atoms with E-state index in [4.69, 9.17) is 0 Å². The van der Waals surface area contributed by atoms with Crippen LogP contribution in [0, 0.1) is 0 Å². The molecule has 0 aromatic heterocycles. The molecule has 0 aromatic rings. The van der Waals surface area contributed by atoms with Gasteiger partial charge in [-0.2, -0.15) is 0 Å². The summed E-state index contributed by atoms with van der Waals surface area (Å²) >= 11 is 0. The molecule has 0 aliphatic rings. The minimum atomic E-state index is -2.67. The van der Waals surface area contributed by atoms with E-state index >= 15 is 0 Å². The zero-order valence-corrected chi connectivity index (χ0v) is 8.36. The van der Waals surface area contributed by atoms with E-state index in [0.717, 1.165) is 13.8 Å². The Hall–Kier alpha value is -1.20. The molecule has 2 N–H and O–H groups in total. The number of carbonyl (C=O) groups is 2. The molecule has 0 heterocycles. The van der Waals surface area contributed by atoms with Gasteiger partial charge in [-0.1, -0.05) is 0 Å². The second-order valence-corrected chi connectivity index (χ2v) is 3.05. The van der Waals surface area contributed by atoms with Crippen LogP contribution in [0.4, 0.5) is 8.78 Å². The highest BCUT2D eigenvalue weighted by molar-refractivity contribution is 5.89. The zero-order chi connectivity index (χ0) is 11.4. The molecule has 0 bridgehead atoms. The standard InChI is InChI=1S/C8H14F2N2O2/c1-5(9)4-8(10,7(14)11-3)12-6(2)13/h5H,4H2,1-3H3,(H,11,14)(H,12,13). The van der Waals surface area contributed by atoms with Crippen molar-refractivity contribution >= 4 is 11.8 Å². The molecule has 0 spiro atoms. The summed E-state index contributed by atoms with van der Waals surface area (Å²) < 4.78 is 26.3. The van der Waals surface area contributed by atoms with Gasteiger partial charge in [-0.3, -0.25) is 9.59 Å². The van der Waals surface area contributed by atoms with Crippen molar-refractivity contribution in [3.8, 4) is 0 Å². The van der Waals surface area contributed by atoms with Gasteiger partial charge in [0.25, 0.3) is 11.7 Å². The fraction of sp³-hybridized carbons (Fsp3) is 0.750. The van der Waals surface area contributed by atoms with E-state index in [1.165, 1.54) is 7.05 Å². The van der Waals surface area contributed by atoms with Gasteiger partial charge in [0.2, 0.25) is 5.91 Å². The van der Waals surface area contributed by atoms with Crippen molar-refractivity contribution in [3.05, 3.63) is 0 Å². The van der Waals surface area contributed by atoms with Gasteiger partial charge in [-0.25, -0.2) is 8.78 Å². The maximum atomic E-state index is 13.7. The number of halogens is 2. The lowest BCUT2D eigenvalue weighted by molar-refractivity contribution is -0.141. The number of hydrogen-bond acceptors (Lipinski definition) is 2. The minimum absolute atomic E-state index is 0.702. The summed E-state index contributed by atoms with van der Waals surface area (Å²) in [5.74, 6) is -4.46. The third-order valence-corrected chi connectivity index (χ3v) is 1.52. The SMILES string of the molecule is CNC(=O)C(F)(CC(C)F)NC(C)=O. The molecule has 0 rings (SSSR count). The van der Waals surface area contributed by atoms with Crippen molar-refractivity contribution in [2.45, 2.75) is 32.2 Å². The number of rotatable bonds is 4. The second-order valence-electron chi connectivity index (χ2n) is 3.05. The molecule has 0 saturated carbocycles. The van der Waals surface area contributed by atoms with Gasteiger partial charge < -0.3 is 10.6 Å². The van der Waals surface area contributed by atoms with Crippen LogP contribution in [0.5, 0.6) is 0 Å². The van der Waals surface area contributed by atoms with E-state index in [2.05, 4.69) is 0 Å². The summed E-state index contributed by atoms with van der Waals surface area (Å²) in [7, 11) is 1.21. The summed E-state index contributed by atoms with van der Waals surface area (Å²) in [5.41, 5.74) is 0. The van der Waals surface area contributed by atoms with Gasteiger partial charge in [0.1, 0.15) is 6.17 Å². The van der Waals surface area contributed by atoms with Gasteiger partial charge in [0, 0.05) is 20.4 Å². The van der Waals surface area contributed by atoms with Crippen LogP contribution >= 0.6 is 0 Å². The molecule has 4 nitrogen and oxygen atoms in total. The third kappa shape index (κ3) is 3.68. The van der Waals surface area contributed by atoms with Crippen LogP contribution in [-0.2, 0) is 9.59 Å². The van der Waals surface area contributed by atoms with E-state index in [1.54, 1.807) is 5.32 Å². The molecule has 2 unspecified atom stereocenters. The molecule has 2 atom stereocenters. The van der Waals surface area contributed by atoms with E-state index in [-0.39, 0.29) is 0 Å². The van der Waals surface area contributed by atoms with Gasteiger partial charge in [-0.05, 0) is 6.92 Å². The average molecular weight is 208 g/mol. The fourth-order valence-corrected chi connectivity index (χ4v) is 1.07. The Morgan fingerprint density at radius 3 is 2.29 bits per heavy atom. The van der Waals surface area contributed by atoms with Gasteiger partial charge in [0.05, 0.1) is 0 Å². The highest BCUT2D eigenvalue weighted by Gasteiger charge is 2.40. The summed E-state index contributed by atoms with van der Waals surface area (Å²) in [5, 5.41) is 3.80. The van der Waals surface area contributed by atoms with E-state index in [1.807, 2.05) is 5.32 Å². The Bertz CT molecular complexity index is 233. The fourth-order valence-electron chi connectivity index (χ4n) is 1.07. The van der Waals surface area contributed by atoms with Crippen LogP contribution in [0.15, 0.2) is 0 Å². The lowest BCUT2D eigenvalue weighted by Gasteiger charge is -2.24. The largest absolute Gasteiger partial charge is 0.355 e. The Morgan fingerprint density at radius 2 is 2.00 bits per heavy atom. The summed E-state index contributed by atoms with van der Waals surface area (Å²) in [4.78, 5) is 21.6. The Labute approximate surface area is 81.0 Å². The van der Waals surface area contributed by atoms with Crippen molar-refractivity contribution in [2.75, 3.05) is 7.05 Å². The Morgan fingerprint density at radius 1 is 1.50 bits per heavy atom. The van der Waals surface area contributed by atoms with E-state index in [0.29, 0.717) is 0 Å². The third-order valence-electron chi connectivity index (χ3n) is 1.52. The molecule has 0 aromatic carbocycles. The lowest BCUT2D eigenvalue weighted by Crippen LogP contribution is -2.55. The summed E-state index contributed by atoms with van der Waals surface area (Å²) in [6.45, 7) is 2.17. The van der Waals surface area contributed by atoms with Crippen molar-refractivity contribution in [3.63, 3.8) is 0 Å². The van der Waals surface area contributed by atoms with Crippen LogP contribution in [0.25, 0.3) is 0 Å².